The molecule has 0 atom stereocenters. The maximum atomic E-state index is 7.36. The number of benzene rings is 10. The van der Waals surface area contributed by atoms with Gasteiger partial charge in [0.2, 0.25) is 0 Å². The Morgan fingerprint density at radius 1 is 0.422 bits per heavy atom. The van der Waals surface area contributed by atoms with Gasteiger partial charge >= 0.3 is 6.85 Å². The molecule has 2 aliphatic heterocycles. The summed E-state index contributed by atoms with van der Waals surface area (Å²) in [5.41, 5.74) is 23.0. The zero-order valence-electron chi connectivity index (χ0n) is 49.5. The number of fused-ring (bicyclic) bond motifs is 19. The molecule has 2 aliphatic rings. The molecule has 0 fully saturated rings. The van der Waals surface area contributed by atoms with Crippen molar-refractivity contribution in [3.05, 3.63) is 204 Å². The second kappa shape index (κ2) is 17.0. The Bertz CT molecular complexity index is 5000. The summed E-state index contributed by atoms with van der Waals surface area (Å²) < 4.78 is 19.3. The number of rotatable bonds is 4. The van der Waals surface area contributed by atoms with E-state index in [2.05, 4.69) is 279 Å². The molecule has 0 radical (unpaired) electrons. The third-order valence-electron chi connectivity index (χ3n) is 18.4. The van der Waals surface area contributed by atoms with Gasteiger partial charge in [-0.2, -0.15) is 0 Å². The summed E-state index contributed by atoms with van der Waals surface area (Å²) in [5, 5.41) is 9.37. The third-order valence-corrected chi connectivity index (χ3v) is 19.5. The number of para-hydroxylation sites is 2. The Balaban J connectivity index is 1.02. The number of hydrogen-bond acceptors (Lipinski definition) is 5. The molecule has 10 aromatic carbocycles. The number of nitrogens with zero attached hydrogens (tertiary/aromatic N) is 3. The monoisotopic (exact) mass is 1100 g/mol. The molecular weight excluding hydrogens is 1030 g/mol. The molecule has 5 nitrogen and oxygen atoms in total. The van der Waals surface area contributed by atoms with E-state index in [1.165, 1.54) is 92.0 Å². The van der Waals surface area contributed by atoms with E-state index in [0.29, 0.717) is 0 Å². The van der Waals surface area contributed by atoms with E-state index in [4.69, 9.17) is 8.83 Å². The molecule has 0 bridgehead atoms. The zero-order valence-corrected chi connectivity index (χ0v) is 50.3. The second-order valence-corrected chi connectivity index (χ2v) is 28.9. The van der Waals surface area contributed by atoms with E-state index < -0.39 is 0 Å². The van der Waals surface area contributed by atoms with E-state index in [0.717, 1.165) is 72.3 Å². The molecule has 4 aromatic heterocycles. The number of anilines is 5. The molecule has 0 unspecified atom stereocenters. The van der Waals surface area contributed by atoms with Crippen molar-refractivity contribution in [2.75, 3.05) is 9.71 Å². The van der Waals surface area contributed by atoms with Crippen LogP contribution in [0, 0.1) is 0 Å². The van der Waals surface area contributed by atoms with Crippen LogP contribution >= 0.6 is 11.3 Å². The summed E-state index contributed by atoms with van der Waals surface area (Å²) in [6.07, 6.45) is 0. The fraction of sp³-hybridized carbons (Fsp3) is 0.211. The molecular formula is C76H66BN3O2S. The van der Waals surface area contributed by atoms with Crippen LogP contribution in [-0.4, -0.2) is 11.4 Å². The van der Waals surface area contributed by atoms with Gasteiger partial charge in [0.15, 0.2) is 0 Å². The second-order valence-electron chi connectivity index (χ2n) is 27.8. The van der Waals surface area contributed by atoms with Crippen LogP contribution in [0.5, 0.6) is 0 Å². The average Bonchev–Trinajstić information content (AvgIpc) is 2.25. The van der Waals surface area contributed by atoms with Crippen molar-refractivity contribution in [3.8, 4) is 16.8 Å². The molecule has 0 saturated heterocycles. The van der Waals surface area contributed by atoms with Crippen LogP contribution in [0.2, 0.25) is 0 Å². The van der Waals surface area contributed by atoms with Gasteiger partial charge in [-0.3, -0.25) is 0 Å². The smallest absolute Gasteiger partial charge is 0.333 e. The molecule has 0 aliphatic carbocycles. The highest BCUT2D eigenvalue weighted by molar-refractivity contribution is 7.26. The Kier molecular flexibility index (Phi) is 10.3. The fourth-order valence-electron chi connectivity index (χ4n) is 13.9. The van der Waals surface area contributed by atoms with Gasteiger partial charge < -0.3 is 23.1 Å². The van der Waals surface area contributed by atoms with Crippen LogP contribution in [0.15, 0.2) is 191 Å². The molecule has 16 rings (SSSR count). The van der Waals surface area contributed by atoms with Gasteiger partial charge in [-0.25, -0.2) is 0 Å². The highest BCUT2D eigenvalue weighted by Crippen LogP contribution is 2.54. The van der Waals surface area contributed by atoms with Gasteiger partial charge in [0.05, 0.1) is 16.4 Å². The van der Waals surface area contributed by atoms with Gasteiger partial charge in [0.25, 0.3) is 0 Å². The van der Waals surface area contributed by atoms with Crippen molar-refractivity contribution >= 4 is 143 Å². The lowest BCUT2D eigenvalue weighted by Crippen LogP contribution is -2.60. The Morgan fingerprint density at radius 2 is 0.976 bits per heavy atom. The van der Waals surface area contributed by atoms with Gasteiger partial charge in [-0.15, -0.1) is 11.3 Å². The van der Waals surface area contributed by atoms with E-state index in [-0.39, 0.29) is 28.5 Å². The van der Waals surface area contributed by atoms with Crippen molar-refractivity contribution in [3.63, 3.8) is 0 Å². The van der Waals surface area contributed by atoms with E-state index in [1.807, 2.05) is 11.3 Å². The van der Waals surface area contributed by atoms with Gasteiger partial charge in [0, 0.05) is 86.8 Å². The van der Waals surface area contributed by atoms with Crippen LogP contribution in [0.4, 0.5) is 28.4 Å². The van der Waals surface area contributed by atoms with Crippen LogP contribution in [0.1, 0.15) is 105 Å². The van der Waals surface area contributed by atoms with Crippen molar-refractivity contribution in [1.82, 2.24) is 4.57 Å². The van der Waals surface area contributed by atoms with E-state index >= 15 is 0 Å². The molecule has 6 heterocycles. The highest BCUT2D eigenvalue weighted by atomic mass is 32.1. The summed E-state index contributed by atoms with van der Waals surface area (Å²) in [4.78, 5) is 5.10. The minimum atomic E-state index is -0.248. The van der Waals surface area contributed by atoms with Crippen LogP contribution in [0.3, 0.4) is 0 Å². The summed E-state index contributed by atoms with van der Waals surface area (Å²) in [6, 6.07) is 69.2. The van der Waals surface area contributed by atoms with E-state index in [1.54, 1.807) is 0 Å². The average molecular weight is 1100 g/mol. The highest BCUT2D eigenvalue weighted by Gasteiger charge is 2.47. The lowest BCUT2D eigenvalue weighted by atomic mass is 9.43. The lowest BCUT2D eigenvalue weighted by molar-refractivity contribution is 0.590. The maximum Gasteiger partial charge on any atom is 0.333 e. The van der Waals surface area contributed by atoms with Crippen LogP contribution < -0.4 is 20.6 Å². The minimum absolute atomic E-state index is 0.0236. The Morgan fingerprint density at radius 3 is 1.61 bits per heavy atom. The molecule has 7 heteroatoms. The van der Waals surface area contributed by atoms with Crippen molar-refractivity contribution in [2.45, 2.75) is 105 Å². The lowest BCUT2D eigenvalue weighted by Gasteiger charge is -2.42. The summed E-state index contributed by atoms with van der Waals surface area (Å²) in [6.45, 7) is 27.3. The first-order valence-corrected chi connectivity index (χ1v) is 30.3. The van der Waals surface area contributed by atoms with Gasteiger partial charge in [-0.05, 0) is 157 Å². The van der Waals surface area contributed by atoms with Crippen molar-refractivity contribution < 1.29 is 8.83 Å². The first-order valence-electron chi connectivity index (χ1n) is 29.5. The molecule has 0 saturated carbocycles. The maximum absolute atomic E-state index is 7.36. The molecule has 14 aromatic rings. The van der Waals surface area contributed by atoms with Crippen LogP contribution in [-0.2, 0) is 21.7 Å². The van der Waals surface area contributed by atoms with Gasteiger partial charge in [-0.1, -0.05) is 168 Å². The topological polar surface area (TPSA) is 37.7 Å². The Labute approximate surface area is 489 Å². The van der Waals surface area contributed by atoms with E-state index in [9.17, 15) is 0 Å². The number of hydrogen-bond donors (Lipinski definition) is 0. The SMILES string of the molecule is CC(C)(C)c1ccc(N2B3c4cc5oc6ccccc6c5cc4-n4c5ccc(C(C)(C)C)cc5c5c6oc7ccccc7c6c(c3c54)-c3cc4sc5cc(N(c6ccc(C(C)(C)C)cc6)c6ccc(C(C)(C)C)cc6)ccc5c4cc32)cc1. The first kappa shape index (κ1) is 50.2. The van der Waals surface area contributed by atoms with Gasteiger partial charge in [0.1, 0.15) is 22.3 Å². The quantitative estimate of drug-likeness (QED) is 0.165. The summed E-state index contributed by atoms with van der Waals surface area (Å²) in [5.74, 6) is 0. The standard InChI is InChI=1S/C76H66BN3O2S/c1-73(2,3)43-21-28-47(29-22-43)78(48-30-23-44(24-31-48)74(4,5)6)50-34-35-52-55-40-60-57(41-66(55)83-65(52)38-50)67-68-53-18-14-16-20-63(53)82-72(68)69-56-37-46(76(10,11)12)27-36-59(56)79-61-39-54-51-17-13-15-19-62(51)81-64(54)42-58(61)77(70(67)71(69)79)80(60)49-32-25-45(26-33-49)75(7,8)9/h13-42H,1-12H3. The molecule has 406 valence electrons. The van der Waals surface area contributed by atoms with Crippen LogP contribution in [0.25, 0.3) is 103 Å². The Hall–Kier alpha value is -8.52. The zero-order chi connectivity index (χ0) is 57.0. The third kappa shape index (κ3) is 7.39. The summed E-state index contributed by atoms with van der Waals surface area (Å²) >= 11 is 1.89. The van der Waals surface area contributed by atoms with Crippen molar-refractivity contribution in [1.29, 1.82) is 0 Å². The largest absolute Gasteiger partial charge is 0.456 e. The number of thiophene rings is 1. The summed E-state index contributed by atoms with van der Waals surface area (Å²) in [7, 11) is 0. The van der Waals surface area contributed by atoms with Crippen molar-refractivity contribution in [2.24, 2.45) is 0 Å². The number of furan rings is 2. The normalized spacial score (nSPS) is 13.7. The minimum Gasteiger partial charge on any atom is -0.456 e. The first-order chi connectivity index (χ1) is 39.7. The number of aromatic nitrogens is 1. The molecule has 0 amide bonds. The molecule has 83 heavy (non-hydrogen) atoms. The molecule has 0 spiro atoms. The molecule has 0 N–H and O–H groups in total. The predicted molar refractivity (Wildman–Crippen MR) is 357 cm³/mol. The predicted octanol–water partition coefficient (Wildman–Crippen LogP) is 20.8. The fourth-order valence-corrected chi connectivity index (χ4v) is 15.1.